The van der Waals surface area contributed by atoms with Crippen LogP contribution in [0.5, 0.6) is 5.75 Å². The second-order valence-corrected chi connectivity index (χ2v) is 7.44. The van der Waals surface area contributed by atoms with Gasteiger partial charge in [-0.3, -0.25) is 0 Å². The Labute approximate surface area is 125 Å². The van der Waals surface area contributed by atoms with Crippen LogP contribution in [-0.4, -0.2) is 24.1 Å². The third-order valence-electron chi connectivity index (χ3n) is 4.75. The van der Waals surface area contributed by atoms with E-state index in [2.05, 4.69) is 16.3 Å². The van der Waals surface area contributed by atoms with Crippen molar-refractivity contribution in [2.45, 2.75) is 45.6 Å². The highest BCUT2D eigenvalue weighted by molar-refractivity contribution is 7.11. The van der Waals surface area contributed by atoms with E-state index >= 15 is 0 Å². The molecular weight excluding hydrogens is 270 g/mol. The Kier molecular flexibility index (Phi) is 3.80. The number of hydrogen-bond donors (Lipinski definition) is 1. The second kappa shape index (κ2) is 5.43. The first-order valence-corrected chi connectivity index (χ1v) is 8.45. The summed E-state index contributed by atoms with van der Waals surface area (Å²) in [7, 11) is 2.14. The number of hydrogen-bond acceptors (Lipinski definition) is 5. The van der Waals surface area contributed by atoms with Crippen molar-refractivity contribution in [2.24, 2.45) is 17.8 Å². The predicted molar refractivity (Wildman–Crippen MR) is 84.5 cm³/mol. The third kappa shape index (κ3) is 2.60. The van der Waals surface area contributed by atoms with Gasteiger partial charge in [-0.1, -0.05) is 6.42 Å². The number of nitrogen functional groups attached to an aromatic ring is 1. The van der Waals surface area contributed by atoms with E-state index in [1.54, 1.807) is 0 Å². The summed E-state index contributed by atoms with van der Waals surface area (Å²) in [5.41, 5.74) is 5.94. The molecule has 0 radical (unpaired) electrons. The van der Waals surface area contributed by atoms with E-state index < -0.39 is 0 Å². The molecule has 3 unspecified atom stereocenters. The van der Waals surface area contributed by atoms with Gasteiger partial charge in [0.25, 0.3) is 0 Å². The molecule has 0 saturated heterocycles. The molecule has 5 heteroatoms. The highest BCUT2D eigenvalue weighted by Crippen LogP contribution is 2.49. The van der Waals surface area contributed by atoms with Crippen molar-refractivity contribution in [1.82, 2.24) is 4.37 Å². The van der Waals surface area contributed by atoms with E-state index in [4.69, 9.17) is 10.5 Å². The average molecular weight is 295 g/mol. The van der Waals surface area contributed by atoms with Crippen LogP contribution < -0.4 is 15.4 Å². The lowest BCUT2D eigenvalue weighted by Gasteiger charge is -2.28. The van der Waals surface area contributed by atoms with E-state index in [0.717, 1.165) is 35.0 Å². The molecule has 0 spiro atoms. The minimum Gasteiger partial charge on any atom is -0.484 e. The molecule has 20 heavy (non-hydrogen) atoms. The fourth-order valence-electron chi connectivity index (χ4n) is 3.91. The molecule has 2 bridgehead atoms. The van der Waals surface area contributed by atoms with Crippen molar-refractivity contribution in [3.05, 3.63) is 0 Å². The molecule has 1 heterocycles. The van der Waals surface area contributed by atoms with Crippen molar-refractivity contribution in [2.75, 3.05) is 24.2 Å². The Morgan fingerprint density at radius 2 is 2.20 bits per heavy atom. The monoisotopic (exact) mass is 295 g/mol. The molecule has 1 aromatic heterocycles. The number of nitrogens with zero attached hydrogens (tertiary/aromatic N) is 2. The van der Waals surface area contributed by atoms with Crippen LogP contribution in [0.15, 0.2) is 0 Å². The molecule has 4 nitrogen and oxygen atoms in total. The molecule has 2 fully saturated rings. The smallest absolute Gasteiger partial charge is 0.198 e. The largest absolute Gasteiger partial charge is 0.484 e. The zero-order valence-electron chi connectivity index (χ0n) is 12.6. The van der Waals surface area contributed by atoms with Gasteiger partial charge in [0.05, 0.1) is 6.10 Å². The van der Waals surface area contributed by atoms with Gasteiger partial charge < -0.3 is 15.4 Å². The summed E-state index contributed by atoms with van der Waals surface area (Å²) in [6, 6.07) is 0. The molecule has 1 aromatic rings. The van der Waals surface area contributed by atoms with Gasteiger partial charge in [0.2, 0.25) is 0 Å². The summed E-state index contributed by atoms with van der Waals surface area (Å²) in [5, 5.41) is 1.08. The third-order valence-corrected chi connectivity index (χ3v) is 5.71. The van der Waals surface area contributed by atoms with Gasteiger partial charge in [-0.05, 0) is 62.4 Å². The van der Waals surface area contributed by atoms with Gasteiger partial charge in [-0.25, -0.2) is 0 Å². The van der Waals surface area contributed by atoms with Gasteiger partial charge in [-0.15, -0.1) is 0 Å². The second-order valence-electron chi connectivity index (χ2n) is 6.68. The molecular formula is C15H25N3OS. The Balaban J connectivity index is 1.69. The zero-order chi connectivity index (χ0) is 14.3. The van der Waals surface area contributed by atoms with Crippen molar-refractivity contribution in [3.8, 4) is 5.75 Å². The molecule has 2 aliphatic rings. The number of fused-ring (bicyclic) bond motifs is 2. The summed E-state index contributed by atoms with van der Waals surface area (Å²) in [5.74, 6) is 4.08. The average Bonchev–Trinajstić information content (AvgIpc) is 3.06. The Hall–Kier alpha value is -0.970. The summed E-state index contributed by atoms with van der Waals surface area (Å²) in [4.78, 5) is 2.30. The lowest BCUT2D eigenvalue weighted by atomic mass is 9.88. The highest BCUT2D eigenvalue weighted by atomic mass is 32.1. The van der Waals surface area contributed by atoms with Crippen molar-refractivity contribution in [1.29, 1.82) is 0 Å². The maximum absolute atomic E-state index is 5.94. The van der Waals surface area contributed by atoms with E-state index in [-0.39, 0.29) is 6.10 Å². The van der Waals surface area contributed by atoms with Gasteiger partial charge in [0, 0.05) is 13.6 Å². The number of ether oxygens (including phenoxy) is 1. The predicted octanol–water partition coefficient (Wildman–Crippen LogP) is 3.38. The maximum Gasteiger partial charge on any atom is 0.198 e. The Morgan fingerprint density at radius 3 is 2.80 bits per heavy atom. The van der Waals surface area contributed by atoms with Crippen LogP contribution in [0, 0.1) is 17.8 Å². The summed E-state index contributed by atoms with van der Waals surface area (Å²) in [6.45, 7) is 5.16. The first-order valence-electron chi connectivity index (χ1n) is 7.67. The molecule has 2 saturated carbocycles. The van der Waals surface area contributed by atoms with Crippen molar-refractivity contribution < 1.29 is 4.74 Å². The molecule has 3 rings (SSSR count). The first kappa shape index (κ1) is 14.0. The van der Waals surface area contributed by atoms with E-state index in [1.165, 1.54) is 37.2 Å². The summed E-state index contributed by atoms with van der Waals surface area (Å²) < 4.78 is 10.1. The number of rotatable bonds is 5. The lowest BCUT2D eigenvalue weighted by molar-refractivity contribution is 0.244. The zero-order valence-corrected chi connectivity index (χ0v) is 13.4. The highest BCUT2D eigenvalue weighted by Gasteiger charge is 2.40. The minimum atomic E-state index is 0.128. The van der Waals surface area contributed by atoms with Crippen LogP contribution >= 0.6 is 11.5 Å². The first-order chi connectivity index (χ1) is 9.54. The van der Waals surface area contributed by atoms with Crippen LogP contribution in [0.4, 0.5) is 10.8 Å². The van der Waals surface area contributed by atoms with Crippen LogP contribution in [0.2, 0.25) is 0 Å². The van der Waals surface area contributed by atoms with E-state index in [0.29, 0.717) is 5.82 Å². The molecule has 0 aliphatic heterocycles. The fraction of sp³-hybridized carbons (Fsp3) is 0.800. The van der Waals surface area contributed by atoms with Crippen LogP contribution in [0.1, 0.15) is 39.5 Å². The molecule has 0 aromatic carbocycles. The Morgan fingerprint density at radius 1 is 1.40 bits per heavy atom. The van der Waals surface area contributed by atoms with Gasteiger partial charge in [0.15, 0.2) is 16.6 Å². The molecule has 2 N–H and O–H groups in total. The van der Waals surface area contributed by atoms with E-state index in [1.807, 2.05) is 13.8 Å². The minimum absolute atomic E-state index is 0.128. The quantitative estimate of drug-likeness (QED) is 0.904. The number of anilines is 2. The molecule has 112 valence electrons. The van der Waals surface area contributed by atoms with Crippen molar-refractivity contribution >= 4 is 22.4 Å². The molecule has 3 atom stereocenters. The van der Waals surface area contributed by atoms with Gasteiger partial charge >= 0.3 is 0 Å². The van der Waals surface area contributed by atoms with E-state index in [9.17, 15) is 0 Å². The number of aromatic nitrogens is 1. The standard InChI is InChI=1S/C15H25N3OS/c1-9(2)19-13-14(16)17-20-15(13)18(3)8-12-7-10-4-5-11(12)6-10/h9-12H,4-8H2,1-3H3,(H2,16,17). The molecule has 2 aliphatic carbocycles. The fourth-order valence-corrected chi connectivity index (χ4v) is 4.63. The maximum atomic E-state index is 5.94. The normalized spacial score (nSPS) is 28.3. The van der Waals surface area contributed by atoms with Crippen LogP contribution in [0.3, 0.4) is 0 Å². The summed E-state index contributed by atoms with van der Waals surface area (Å²) >= 11 is 1.46. The van der Waals surface area contributed by atoms with Gasteiger partial charge in [0.1, 0.15) is 0 Å². The molecule has 0 amide bonds. The van der Waals surface area contributed by atoms with Gasteiger partial charge in [-0.2, -0.15) is 4.37 Å². The SMILES string of the molecule is CC(C)Oc1c(N)nsc1N(C)CC1CC2CCC1C2. The topological polar surface area (TPSA) is 51.4 Å². The lowest BCUT2D eigenvalue weighted by Crippen LogP contribution is -2.28. The van der Waals surface area contributed by atoms with Crippen molar-refractivity contribution in [3.63, 3.8) is 0 Å². The Bertz CT molecular complexity index is 474. The summed E-state index contributed by atoms with van der Waals surface area (Å²) in [6.07, 6.45) is 5.88. The van der Waals surface area contributed by atoms with Crippen LogP contribution in [-0.2, 0) is 0 Å². The van der Waals surface area contributed by atoms with Crippen LogP contribution in [0.25, 0.3) is 0 Å². The number of nitrogens with two attached hydrogens (primary N) is 1.